The second-order valence-corrected chi connectivity index (χ2v) is 9.98. The van der Waals surface area contributed by atoms with Gasteiger partial charge >= 0.3 is 0 Å². The van der Waals surface area contributed by atoms with E-state index in [2.05, 4.69) is 96.2 Å². The fraction of sp³-hybridized carbons (Fsp3) is 0.128. The van der Waals surface area contributed by atoms with Crippen molar-refractivity contribution in [1.82, 2.24) is 5.32 Å². The molecule has 42 heavy (non-hydrogen) atoms. The van der Waals surface area contributed by atoms with Crippen LogP contribution in [0.25, 0.3) is 17.5 Å². The minimum atomic E-state index is 0.729. The van der Waals surface area contributed by atoms with Gasteiger partial charge in [-0.25, -0.2) is 0 Å². The summed E-state index contributed by atoms with van der Waals surface area (Å²) in [5.41, 5.74) is 16.5. The van der Waals surface area contributed by atoms with Gasteiger partial charge in [-0.1, -0.05) is 140 Å². The van der Waals surface area contributed by atoms with Gasteiger partial charge in [0.05, 0.1) is 5.69 Å². The lowest BCUT2D eigenvalue weighted by Crippen LogP contribution is -2.20. The van der Waals surface area contributed by atoms with Crippen molar-refractivity contribution in [2.75, 3.05) is 18.4 Å². The predicted octanol–water partition coefficient (Wildman–Crippen LogP) is 9.06. The highest BCUT2D eigenvalue weighted by Gasteiger charge is 2.14. The third-order valence-corrected chi connectivity index (χ3v) is 6.93. The number of para-hydroxylation sites is 1. The molecular weight excluding hydrogens is 510 g/mol. The average molecular weight is 552 g/mol. The number of allylic oxidation sites excluding steroid dienone is 16. The standard InChI is InChI=1S/C39H41N3/c1-3-5-6-7-8-9-11-21-35(29-37(40)33-19-12-10-13-20-33)32(17-4-2)22-14-18-31-26-27-38(42-30-31)36-25-15-23-34-24-16-28-41-39(34)36/h3-10,12-17,19-27,29,41-42H,2,11,18,28,30,40H2,1H3/b5-3-,7-6-,9-8+,22-14-,32-17+,35-21+,37-29-. The third kappa shape index (κ3) is 8.74. The molecule has 0 unspecified atom stereocenters. The summed E-state index contributed by atoms with van der Waals surface area (Å²) in [6, 6.07) is 16.5. The number of nitrogens with one attached hydrogen (secondary N) is 2. The predicted molar refractivity (Wildman–Crippen MR) is 184 cm³/mol. The van der Waals surface area contributed by atoms with Crippen LogP contribution in [0.1, 0.15) is 36.5 Å². The molecule has 0 radical (unpaired) electrons. The molecule has 4 N–H and O–H groups in total. The summed E-state index contributed by atoms with van der Waals surface area (Å²) >= 11 is 0. The van der Waals surface area contributed by atoms with Crippen LogP contribution in [0.15, 0.2) is 163 Å². The lowest BCUT2D eigenvalue weighted by atomic mass is 9.98. The molecule has 0 aromatic heterocycles. The Morgan fingerprint density at radius 1 is 0.929 bits per heavy atom. The molecule has 0 atom stereocenters. The zero-order chi connectivity index (χ0) is 29.4. The van der Waals surface area contributed by atoms with Gasteiger partial charge in [-0.2, -0.15) is 0 Å². The zero-order valence-corrected chi connectivity index (χ0v) is 24.5. The minimum Gasteiger partial charge on any atom is -0.398 e. The smallest absolute Gasteiger partial charge is 0.0510 e. The van der Waals surface area contributed by atoms with Gasteiger partial charge in [-0.3, -0.25) is 0 Å². The molecule has 2 aromatic carbocycles. The van der Waals surface area contributed by atoms with Crippen molar-refractivity contribution >= 4 is 23.2 Å². The molecule has 3 nitrogen and oxygen atoms in total. The summed E-state index contributed by atoms with van der Waals surface area (Å²) in [6.07, 6.45) is 35.2. The third-order valence-electron chi connectivity index (χ3n) is 6.93. The van der Waals surface area contributed by atoms with Crippen molar-refractivity contribution in [2.24, 2.45) is 5.73 Å². The number of nitrogens with two attached hydrogens (primary N) is 1. The van der Waals surface area contributed by atoms with Crippen molar-refractivity contribution in [3.05, 3.63) is 180 Å². The molecule has 2 heterocycles. The first-order valence-corrected chi connectivity index (χ1v) is 14.5. The second kappa shape index (κ2) is 16.3. The molecule has 3 heteroatoms. The van der Waals surface area contributed by atoms with Crippen LogP contribution in [0.5, 0.6) is 0 Å². The van der Waals surface area contributed by atoms with E-state index in [1.54, 1.807) is 0 Å². The Morgan fingerprint density at radius 2 is 1.79 bits per heavy atom. The highest BCUT2D eigenvalue weighted by molar-refractivity contribution is 5.84. The van der Waals surface area contributed by atoms with Gasteiger partial charge in [0.1, 0.15) is 0 Å². The lowest BCUT2D eigenvalue weighted by Gasteiger charge is -2.22. The molecule has 0 bridgehead atoms. The number of fused-ring (bicyclic) bond motifs is 1. The maximum absolute atomic E-state index is 6.54. The highest BCUT2D eigenvalue weighted by Crippen LogP contribution is 2.30. The van der Waals surface area contributed by atoms with E-state index in [1.807, 2.05) is 73.7 Å². The van der Waals surface area contributed by atoms with E-state index in [0.29, 0.717) is 0 Å². The summed E-state index contributed by atoms with van der Waals surface area (Å²) in [5.74, 6) is 0. The maximum atomic E-state index is 6.54. The second-order valence-electron chi connectivity index (χ2n) is 9.98. The molecule has 0 saturated carbocycles. The van der Waals surface area contributed by atoms with Crippen LogP contribution in [0.4, 0.5) is 5.69 Å². The molecule has 0 aliphatic carbocycles. The van der Waals surface area contributed by atoms with Crippen LogP contribution < -0.4 is 16.4 Å². The van der Waals surface area contributed by atoms with Gasteiger partial charge in [0.15, 0.2) is 0 Å². The maximum Gasteiger partial charge on any atom is 0.0510 e. The quantitative estimate of drug-likeness (QED) is 0.231. The van der Waals surface area contributed by atoms with Gasteiger partial charge < -0.3 is 16.4 Å². The van der Waals surface area contributed by atoms with Crippen molar-refractivity contribution in [2.45, 2.75) is 19.8 Å². The first-order chi connectivity index (χ1) is 20.7. The highest BCUT2D eigenvalue weighted by atomic mass is 14.9. The normalized spacial score (nSPS) is 16.1. The lowest BCUT2D eigenvalue weighted by molar-refractivity contribution is 0.913. The SMILES string of the molecule is C=C/C=C(\C=C/CC1=CC=C(c2cccc3c2NCC=C3)NC1)C(/C=C(\N)c1ccccc1)=C/C/C=C/C=C\C=C/C. The topological polar surface area (TPSA) is 50.1 Å². The first-order valence-electron chi connectivity index (χ1n) is 14.5. The Hall–Kier alpha value is -5.02. The Labute approximate surface area is 251 Å². The number of rotatable bonds is 12. The number of hydrogen-bond donors (Lipinski definition) is 3. The molecule has 0 fully saturated rings. The van der Waals surface area contributed by atoms with Crippen LogP contribution in [0.3, 0.4) is 0 Å². The van der Waals surface area contributed by atoms with Gasteiger partial charge in [-0.15, -0.1) is 0 Å². The summed E-state index contributed by atoms with van der Waals surface area (Å²) in [7, 11) is 0. The average Bonchev–Trinajstić information content (AvgIpc) is 3.04. The Morgan fingerprint density at radius 3 is 2.57 bits per heavy atom. The monoisotopic (exact) mass is 551 g/mol. The van der Waals surface area contributed by atoms with Gasteiger partial charge in [-0.05, 0) is 59.8 Å². The molecule has 0 saturated heterocycles. The van der Waals surface area contributed by atoms with E-state index < -0.39 is 0 Å². The van der Waals surface area contributed by atoms with Crippen LogP contribution in [-0.2, 0) is 0 Å². The van der Waals surface area contributed by atoms with Crippen LogP contribution in [0.2, 0.25) is 0 Å². The van der Waals surface area contributed by atoms with Crippen LogP contribution in [0, 0.1) is 0 Å². The molecule has 0 spiro atoms. The number of anilines is 1. The van der Waals surface area contributed by atoms with Gasteiger partial charge in [0, 0.05) is 30.0 Å². The van der Waals surface area contributed by atoms with Gasteiger partial charge in [0.25, 0.3) is 0 Å². The largest absolute Gasteiger partial charge is 0.398 e. The Balaban J connectivity index is 1.51. The van der Waals surface area contributed by atoms with Crippen molar-refractivity contribution in [1.29, 1.82) is 0 Å². The Kier molecular flexibility index (Phi) is 11.6. The van der Waals surface area contributed by atoms with E-state index in [-0.39, 0.29) is 0 Å². The number of hydrogen-bond acceptors (Lipinski definition) is 3. The van der Waals surface area contributed by atoms with E-state index >= 15 is 0 Å². The minimum absolute atomic E-state index is 0.729. The molecule has 4 rings (SSSR count). The molecule has 0 amide bonds. The molecular formula is C39H41N3. The Bertz CT molecular complexity index is 1530. The summed E-state index contributed by atoms with van der Waals surface area (Å²) < 4.78 is 0. The van der Waals surface area contributed by atoms with E-state index in [9.17, 15) is 0 Å². The fourth-order valence-electron chi connectivity index (χ4n) is 4.78. The van der Waals surface area contributed by atoms with E-state index in [4.69, 9.17) is 5.73 Å². The van der Waals surface area contributed by atoms with Crippen molar-refractivity contribution in [3.8, 4) is 0 Å². The number of dihydropyridines is 1. The first kappa shape index (κ1) is 30.0. The van der Waals surface area contributed by atoms with Gasteiger partial charge in [0.2, 0.25) is 0 Å². The summed E-state index contributed by atoms with van der Waals surface area (Å²) in [5, 5.41) is 7.15. The molecule has 2 aliphatic rings. The molecule has 2 aromatic rings. The molecule has 2 aliphatic heterocycles. The zero-order valence-electron chi connectivity index (χ0n) is 24.5. The summed E-state index contributed by atoms with van der Waals surface area (Å²) in [6.45, 7) is 7.64. The van der Waals surface area contributed by atoms with Crippen LogP contribution in [-0.4, -0.2) is 13.1 Å². The van der Waals surface area contributed by atoms with Crippen molar-refractivity contribution < 1.29 is 0 Å². The molecule has 212 valence electrons. The van der Waals surface area contributed by atoms with Crippen LogP contribution >= 0.6 is 0 Å². The van der Waals surface area contributed by atoms with E-state index in [1.165, 1.54) is 22.4 Å². The fourth-order valence-corrected chi connectivity index (χ4v) is 4.78. The number of benzene rings is 2. The summed E-state index contributed by atoms with van der Waals surface area (Å²) in [4.78, 5) is 0. The van der Waals surface area contributed by atoms with Crippen molar-refractivity contribution in [3.63, 3.8) is 0 Å². The van der Waals surface area contributed by atoms with E-state index in [0.717, 1.165) is 54.0 Å².